The minimum Gasteiger partial charge on any atom is -0.480 e. The largest absolute Gasteiger partial charge is 0.480 e. The molecule has 1 aliphatic heterocycles. The number of fused-ring (bicyclic) bond motifs is 1. The van der Waals surface area contributed by atoms with Gasteiger partial charge in [0.2, 0.25) is 0 Å². The minimum absolute atomic E-state index is 0.146. The number of ether oxygens (including phenoxy) is 1. The maximum absolute atomic E-state index is 13.1. The summed E-state index contributed by atoms with van der Waals surface area (Å²) in [7, 11) is 1.59. The lowest BCUT2D eigenvalue weighted by molar-refractivity contribution is -0.137. The molecule has 2 aromatic carbocycles. The van der Waals surface area contributed by atoms with Gasteiger partial charge in [-0.25, -0.2) is 4.99 Å². The highest BCUT2D eigenvalue weighted by Crippen LogP contribution is 2.35. The zero-order chi connectivity index (χ0) is 21.8. The standard InChI is InChI=1S/C23H21N3O4S/c1-30-12-11-26-22(29)20(31-23(26)24-17-7-3-2-4-8-17)13-16-14-25(15-21(27)28)19-10-6-5-9-18(16)19/h2-10,13-14H,11-12,15H2,1H3,(H,27,28)/b20-13+,24-23?. The molecule has 0 bridgehead atoms. The van der Waals surface area contributed by atoms with Crippen molar-refractivity contribution in [1.29, 1.82) is 0 Å². The third-order valence-corrected chi connectivity index (χ3v) is 5.81. The summed E-state index contributed by atoms with van der Waals surface area (Å²) in [5.74, 6) is -1.07. The Balaban J connectivity index is 1.73. The number of aliphatic imine (C=N–C) groups is 1. The third kappa shape index (κ3) is 4.55. The predicted molar refractivity (Wildman–Crippen MR) is 122 cm³/mol. The highest BCUT2D eigenvalue weighted by Gasteiger charge is 2.33. The van der Waals surface area contributed by atoms with Gasteiger partial charge in [0.1, 0.15) is 6.54 Å². The van der Waals surface area contributed by atoms with E-state index < -0.39 is 5.97 Å². The maximum atomic E-state index is 13.1. The Morgan fingerprint density at radius 1 is 1.16 bits per heavy atom. The van der Waals surface area contributed by atoms with Crippen LogP contribution in [0, 0.1) is 0 Å². The molecule has 1 fully saturated rings. The first-order chi connectivity index (χ1) is 15.1. The Kier molecular flexibility index (Phi) is 6.20. The minimum atomic E-state index is -0.922. The van der Waals surface area contributed by atoms with Gasteiger partial charge in [0.05, 0.1) is 23.7 Å². The van der Waals surface area contributed by atoms with E-state index in [0.717, 1.165) is 22.2 Å². The van der Waals surface area contributed by atoms with Crippen molar-refractivity contribution in [2.24, 2.45) is 4.99 Å². The number of hydrogen-bond donors (Lipinski definition) is 1. The Labute approximate surface area is 183 Å². The SMILES string of the molecule is COCCN1C(=O)/C(=C\c2cn(CC(=O)O)c3ccccc23)SC1=Nc1ccccc1. The van der Waals surface area contributed by atoms with E-state index in [9.17, 15) is 14.7 Å². The average molecular weight is 436 g/mol. The molecule has 1 aliphatic rings. The lowest BCUT2D eigenvalue weighted by atomic mass is 10.1. The van der Waals surface area contributed by atoms with Crippen molar-refractivity contribution in [2.45, 2.75) is 6.54 Å². The summed E-state index contributed by atoms with van der Waals surface area (Å²) < 4.78 is 6.84. The molecular formula is C23H21N3O4S. The Morgan fingerprint density at radius 2 is 1.90 bits per heavy atom. The molecule has 8 heteroatoms. The quantitative estimate of drug-likeness (QED) is 0.568. The zero-order valence-electron chi connectivity index (χ0n) is 16.9. The Hall–Kier alpha value is -3.36. The van der Waals surface area contributed by atoms with Crippen LogP contribution in [0.2, 0.25) is 0 Å². The van der Waals surface area contributed by atoms with E-state index in [1.807, 2.05) is 54.6 Å². The third-order valence-electron chi connectivity index (χ3n) is 4.80. The highest BCUT2D eigenvalue weighted by atomic mass is 32.2. The number of aromatic nitrogens is 1. The highest BCUT2D eigenvalue weighted by molar-refractivity contribution is 8.18. The Bertz CT molecular complexity index is 1180. The van der Waals surface area contributed by atoms with Crippen LogP contribution in [0.25, 0.3) is 17.0 Å². The van der Waals surface area contributed by atoms with Crippen LogP contribution in [0.4, 0.5) is 5.69 Å². The first-order valence-corrected chi connectivity index (χ1v) is 10.5. The zero-order valence-corrected chi connectivity index (χ0v) is 17.7. The molecule has 0 spiro atoms. The Morgan fingerprint density at radius 3 is 2.65 bits per heavy atom. The smallest absolute Gasteiger partial charge is 0.323 e. The van der Waals surface area contributed by atoms with Gasteiger partial charge < -0.3 is 14.4 Å². The number of carbonyl (C=O) groups excluding carboxylic acids is 1. The number of amidine groups is 1. The summed E-state index contributed by atoms with van der Waals surface area (Å²) >= 11 is 1.31. The van der Waals surface area contributed by atoms with Crippen molar-refractivity contribution in [3.63, 3.8) is 0 Å². The molecule has 3 aromatic rings. The van der Waals surface area contributed by atoms with E-state index in [2.05, 4.69) is 4.99 Å². The van der Waals surface area contributed by atoms with Gasteiger partial charge in [0.25, 0.3) is 5.91 Å². The second-order valence-corrected chi connectivity index (χ2v) is 7.92. The van der Waals surface area contributed by atoms with Crippen LogP contribution in [0.5, 0.6) is 0 Å². The summed E-state index contributed by atoms with van der Waals surface area (Å²) in [6.07, 6.45) is 3.58. The monoisotopic (exact) mass is 435 g/mol. The molecule has 31 heavy (non-hydrogen) atoms. The van der Waals surface area contributed by atoms with E-state index in [1.165, 1.54) is 11.8 Å². The van der Waals surface area contributed by atoms with Gasteiger partial charge in [-0.2, -0.15) is 0 Å². The van der Waals surface area contributed by atoms with Crippen molar-refractivity contribution in [3.05, 3.63) is 71.3 Å². The topological polar surface area (TPSA) is 84.1 Å². The lowest BCUT2D eigenvalue weighted by Gasteiger charge is -2.14. The molecular weight excluding hydrogens is 414 g/mol. The molecule has 0 radical (unpaired) electrons. The number of methoxy groups -OCH3 is 1. The summed E-state index contributed by atoms with van der Waals surface area (Å²) in [6.45, 7) is 0.642. The number of amides is 1. The molecule has 0 aliphatic carbocycles. The first kappa shape index (κ1) is 20.9. The van der Waals surface area contributed by atoms with E-state index in [-0.39, 0.29) is 12.5 Å². The van der Waals surface area contributed by atoms with Gasteiger partial charge in [-0.05, 0) is 36.0 Å². The summed E-state index contributed by atoms with van der Waals surface area (Å²) in [6, 6.07) is 17.0. The lowest BCUT2D eigenvalue weighted by Crippen LogP contribution is -2.32. The number of thioether (sulfide) groups is 1. The number of carboxylic acid groups (broad SMARTS) is 1. The number of para-hydroxylation sites is 2. The van der Waals surface area contributed by atoms with Crippen LogP contribution < -0.4 is 0 Å². The maximum Gasteiger partial charge on any atom is 0.323 e. The fraction of sp³-hybridized carbons (Fsp3) is 0.174. The van der Waals surface area contributed by atoms with Crippen molar-refractivity contribution in [3.8, 4) is 0 Å². The van der Waals surface area contributed by atoms with Gasteiger partial charge in [0, 0.05) is 29.8 Å². The molecule has 0 atom stereocenters. The van der Waals surface area contributed by atoms with Gasteiger partial charge in [-0.1, -0.05) is 36.4 Å². The molecule has 1 aromatic heterocycles. The summed E-state index contributed by atoms with van der Waals surface area (Å²) in [4.78, 5) is 31.2. The van der Waals surface area contributed by atoms with Crippen molar-refractivity contribution >= 4 is 51.5 Å². The fourth-order valence-electron chi connectivity index (χ4n) is 3.39. The molecule has 4 rings (SSSR count). The van der Waals surface area contributed by atoms with Gasteiger partial charge in [-0.15, -0.1) is 0 Å². The van der Waals surface area contributed by atoms with Crippen LogP contribution in [0.3, 0.4) is 0 Å². The van der Waals surface area contributed by atoms with Crippen LogP contribution in [0.1, 0.15) is 5.56 Å². The van der Waals surface area contributed by atoms with E-state index >= 15 is 0 Å². The molecule has 0 unspecified atom stereocenters. The molecule has 1 N–H and O–H groups in total. The van der Waals surface area contributed by atoms with Crippen LogP contribution in [0.15, 0.2) is 70.7 Å². The van der Waals surface area contributed by atoms with Crippen molar-refractivity contribution in [1.82, 2.24) is 9.47 Å². The average Bonchev–Trinajstić information content (AvgIpc) is 3.25. The molecule has 7 nitrogen and oxygen atoms in total. The molecule has 0 saturated carbocycles. The van der Waals surface area contributed by atoms with E-state index in [4.69, 9.17) is 4.74 Å². The molecule has 2 heterocycles. The second-order valence-electron chi connectivity index (χ2n) is 6.91. The second kappa shape index (κ2) is 9.20. The van der Waals surface area contributed by atoms with Crippen LogP contribution in [-0.4, -0.2) is 51.9 Å². The summed E-state index contributed by atoms with van der Waals surface area (Å²) in [5.41, 5.74) is 2.36. The fourth-order valence-corrected chi connectivity index (χ4v) is 4.41. The normalized spacial score (nSPS) is 16.7. The predicted octanol–water partition coefficient (Wildman–Crippen LogP) is 3.98. The number of carboxylic acids is 1. The van der Waals surface area contributed by atoms with Crippen molar-refractivity contribution in [2.75, 3.05) is 20.3 Å². The van der Waals surface area contributed by atoms with Gasteiger partial charge in [0.15, 0.2) is 5.17 Å². The number of aliphatic carboxylic acids is 1. The van der Waals surface area contributed by atoms with E-state index in [0.29, 0.717) is 23.2 Å². The summed E-state index contributed by atoms with van der Waals surface area (Å²) in [5, 5.41) is 10.7. The molecule has 1 saturated heterocycles. The number of benzene rings is 2. The van der Waals surface area contributed by atoms with E-state index in [1.54, 1.807) is 28.8 Å². The number of nitrogens with zero attached hydrogens (tertiary/aromatic N) is 3. The number of rotatable bonds is 7. The first-order valence-electron chi connectivity index (χ1n) is 9.70. The van der Waals surface area contributed by atoms with Crippen LogP contribution >= 0.6 is 11.8 Å². The molecule has 158 valence electrons. The van der Waals surface area contributed by atoms with Gasteiger partial charge >= 0.3 is 5.97 Å². The van der Waals surface area contributed by atoms with Crippen molar-refractivity contribution < 1.29 is 19.4 Å². The number of hydrogen-bond acceptors (Lipinski definition) is 5. The van der Waals surface area contributed by atoms with Gasteiger partial charge in [-0.3, -0.25) is 14.5 Å². The number of carbonyl (C=O) groups is 2. The van der Waals surface area contributed by atoms with Crippen LogP contribution in [-0.2, 0) is 20.9 Å². The molecule has 1 amide bonds.